The normalized spacial score (nSPS) is 12.6. The fraction of sp³-hybridized carbons (Fsp3) is 0.471. The average Bonchev–Trinajstić information content (AvgIpc) is 2.94. The summed E-state index contributed by atoms with van der Waals surface area (Å²) in [5.41, 5.74) is 1.25. The molecule has 1 aromatic heterocycles. The lowest BCUT2D eigenvalue weighted by atomic mass is 10.1. The lowest BCUT2D eigenvalue weighted by Crippen LogP contribution is -2.23. The number of ether oxygens (including phenoxy) is 1. The maximum atomic E-state index is 5.50. The fourth-order valence-electron chi connectivity index (χ4n) is 2.50. The third-order valence-electron chi connectivity index (χ3n) is 3.59. The van der Waals surface area contributed by atoms with Gasteiger partial charge in [-0.25, -0.2) is 4.98 Å². The van der Waals surface area contributed by atoms with E-state index < -0.39 is 0 Å². The molecule has 0 aliphatic heterocycles. The Morgan fingerprint density at radius 2 is 1.95 bits per heavy atom. The monoisotopic (exact) mass is 287 g/mol. The summed E-state index contributed by atoms with van der Waals surface area (Å²) in [4.78, 5) is 4.45. The third kappa shape index (κ3) is 3.85. The van der Waals surface area contributed by atoms with Gasteiger partial charge in [-0.05, 0) is 31.7 Å². The molecular formula is C17H25N3O. The first-order valence-corrected chi connectivity index (χ1v) is 7.56. The fourth-order valence-corrected chi connectivity index (χ4v) is 2.50. The molecule has 1 aromatic carbocycles. The second-order valence-electron chi connectivity index (χ2n) is 5.44. The zero-order valence-corrected chi connectivity index (χ0v) is 13.3. The number of hydrogen-bond donors (Lipinski definition) is 1. The van der Waals surface area contributed by atoms with E-state index in [1.807, 2.05) is 38.5 Å². The van der Waals surface area contributed by atoms with Crippen molar-refractivity contribution in [1.29, 1.82) is 0 Å². The lowest BCUT2D eigenvalue weighted by molar-refractivity contribution is 0.340. The van der Waals surface area contributed by atoms with Crippen LogP contribution >= 0.6 is 0 Å². The molecular weight excluding hydrogens is 262 g/mol. The number of rotatable bonds is 7. The van der Waals surface area contributed by atoms with Crippen molar-refractivity contribution >= 4 is 0 Å². The topological polar surface area (TPSA) is 39.1 Å². The minimum Gasteiger partial charge on any atom is -0.494 e. The molecule has 0 saturated heterocycles. The molecule has 0 amide bonds. The first-order chi connectivity index (χ1) is 10.2. The summed E-state index contributed by atoms with van der Waals surface area (Å²) < 4.78 is 7.72. The largest absolute Gasteiger partial charge is 0.494 e. The average molecular weight is 287 g/mol. The molecule has 1 heterocycles. The van der Waals surface area contributed by atoms with Crippen LogP contribution < -0.4 is 10.1 Å². The Labute approximate surface area is 127 Å². The van der Waals surface area contributed by atoms with Crippen LogP contribution in [0, 0.1) is 0 Å². The Hall–Kier alpha value is -1.81. The van der Waals surface area contributed by atoms with Crippen LogP contribution in [0.3, 0.4) is 0 Å². The zero-order chi connectivity index (χ0) is 15.2. The van der Waals surface area contributed by atoms with Crippen LogP contribution in [0.25, 0.3) is 0 Å². The molecule has 4 heteroatoms. The Kier molecular flexibility index (Phi) is 5.39. The second kappa shape index (κ2) is 7.27. The summed E-state index contributed by atoms with van der Waals surface area (Å²) in [5, 5.41) is 3.38. The van der Waals surface area contributed by atoms with E-state index >= 15 is 0 Å². The maximum Gasteiger partial charge on any atom is 0.119 e. The van der Waals surface area contributed by atoms with E-state index in [4.69, 9.17) is 4.74 Å². The standard InChI is InChI=1S/C17H25N3O/c1-5-21-15-8-6-14(7-9-15)16(18-4)12-20-11-10-19-17(20)13(2)3/h6-11,13,16,18H,5,12H2,1-4H3. The van der Waals surface area contributed by atoms with E-state index in [0.29, 0.717) is 12.5 Å². The van der Waals surface area contributed by atoms with Crippen molar-refractivity contribution in [3.63, 3.8) is 0 Å². The third-order valence-corrected chi connectivity index (χ3v) is 3.59. The summed E-state index contributed by atoms with van der Waals surface area (Å²) in [7, 11) is 1.99. The van der Waals surface area contributed by atoms with Crippen molar-refractivity contribution in [1.82, 2.24) is 14.9 Å². The van der Waals surface area contributed by atoms with Crippen molar-refractivity contribution in [2.45, 2.75) is 39.3 Å². The molecule has 4 nitrogen and oxygen atoms in total. The molecule has 0 saturated carbocycles. The molecule has 0 aliphatic carbocycles. The van der Waals surface area contributed by atoms with Gasteiger partial charge in [0, 0.05) is 30.9 Å². The van der Waals surface area contributed by atoms with E-state index in [9.17, 15) is 0 Å². The highest BCUT2D eigenvalue weighted by Crippen LogP contribution is 2.21. The van der Waals surface area contributed by atoms with Gasteiger partial charge in [0.1, 0.15) is 11.6 Å². The van der Waals surface area contributed by atoms with E-state index in [1.54, 1.807) is 0 Å². The van der Waals surface area contributed by atoms with Gasteiger partial charge < -0.3 is 14.6 Å². The van der Waals surface area contributed by atoms with Crippen LogP contribution in [0.15, 0.2) is 36.7 Å². The molecule has 0 aliphatic rings. The Bertz CT molecular complexity index is 545. The smallest absolute Gasteiger partial charge is 0.119 e. The molecule has 2 aromatic rings. The first-order valence-electron chi connectivity index (χ1n) is 7.56. The molecule has 0 fully saturated rings. The minimum atomic E-state index is 0.257. The highest BCUT2D eigenvalue weighted by Gasteiger charge is 2.14. The summed E-state index contributed by atoms with van der Waals surface area (Å²) in [5.74, 6) is 2.47. The van der Waals surface area contributed by atoms with E-state index in [-0.39, 0.29) is 6.04 Å². The van der Waals surface area contributed by atoms with Gasteiger partial charge in [0.2, 0.25) is 0 Å². The zero-order valence-electron chi connectivity index (χ0n) is 13.3. The second-order valence-corrected chi connectivity index (χ2v) is 5.44. The Balaban J connectivity index is 2.14. The van der Waals surface area contributed by atoms with Crippen LogP contribution in [0.5, 0.6) is 5.75 Å². The van der Waals surface area contributed by atoms with Crippen LogP contribution in [-0.4, -0.2) is 23.2 Å². The molecule has 1 atom stereocenters. The predicted molar refractivity (Wildman–Crippen MR) is 85.7 cm³/mol. The van der Waals surface area contributed by atoms with Gasteiger partial charge in [-0.15, -0.1) is 0 Å². The van der Waals surface area contributed by atoms with Crippen molar-refractivity contribution in [3.05, 3.63) is 48.0 Å². The number of nitrogens with zero attached hydrogens (tertiary/aromatic N) is 2. The summed E-state index contributed by atoms with van der Waals surface area (Å²) in [6, 6.07) is 8.56. The molecule has 0 radical (unpaired) electrons. The van der Waals surface area contributed by atoms with E-state index in [0.717, 1.165) is 18.1 Å². The van der Waals surface area contributed by atoms with Gasteiger partial charge in [-0.1, -0.05) is 26.0 Å². The van der Waals surface area contributed by atoms with Crippen LogP contribution in [0.1, 0.15) is 44.1 Å². The van der Waals surface area contributed by atoms with Crippen molar-refractivity contribution in [2.75, 3.05) is 13.7 Å². The number of nitrogens with one attached hydrogen (secondary N) is 1. The predicted octanol–water partition coefficient (Wildman–Crippen LogP) is 3.37. The van der Waals surface area contributed by atoms with Crippen LogP contribution in [0.2, 0.25) is 0 Å². The Morgan fingerprint density at radius 1 is 1.24 bits per heavy atom. The van der Waals surface area contributed by atoms with Gasteiger partial charge in [0.25, 0.3) is 0 Å². The van der Waals surface area contributed by atoms with Gasteiger partial charge in [0.05, 0.1) is 6.61 Å². The van der Waals surface area contributed by atoms with Crippen LogP contribution in [-0.2, 0) is 6.54 Å². The molecule has 114 valence electrons. The minimum absolute atomic E-state index is 0.257. The number of aromatic nitrogens is 2. The van der Waals surface area contributed by atoms with Gasteiger partial charge in [0.15, 0.2) is 0 Å². The van der Waals surface area contributed by atoms with Crippen molar-refractivity contribution in [3.8, 4) is 5.75 Å². The van der Waals surface area contributed by atoms with E-state index in [2.05, 4.69) is 40.8 Å². The summed E-state index contributed by atoms with van der Waals surface area (Å²) in [6.45, 7) is 7.91. The molecule has 1 N–H and O–H groups in total. The highest BCUT2D eigenvalue weighted by molar-refractivity contribution is 5.29. The van der Waals surface area contributed by atoms with E-state index in [1.165, 1.54) is 5.56 Å². The number of imidazole rings is 1. The summed E-state index contributed by atoms with van der Waals surface area (Å²) >= 11 is 0. The summed E-state index contributed by atoms with van der Waals surface area (Å²) in [6.07, 6.45) is 3.93. The molecule has 1 unspecified atom stereocenters. The number of benzene rings is 1. The van der Waals surface area contributed by atoms with Crippen molar-refractivity contribution in [2.24, 2.45) is 0 Å². The van der Waals surface area contributed by atoms with Crippen LogP contribution in [0.4, 0.5) is 0 Å². The number of hydrogen-bond acceptors (Lipinski definition) is 3. The number of likely N-dealkylation sites (N-methyl/N-ethyl adjacent to an activating group) is 1. The highest BCUT2D eigenvalue weighted by atomic mass is 16.5. The lowest BCUT2D eigenvalue weighted by Gasteiger charge is -2.20. The molecule has 21 heavy (non-hydrogen) atoms. The van der Waals surface area contributed by atoms with Crippen molar-refractivity contribution < 1.29 is 4.74 Å². The van der Waals surface area contributed by atoms with Gasteiger partial charge in [-0.3, -0.25) is 0 Å². The molecule has 0 spiro atoms. The Morgan fingerprint density at radius 3 is 2.52 bits per heavy atom. The molecule has 2 rings (SSSR count). The van der Waals surface area contributed by atoms with Gasteiger partial charge >= 0.3 is 0 Å². The molecule has 0 bridgehead atoms. The first kappa shape index (κ1) is 15.6. The quantitative estimate of drug-likeness (QED) is 0.848. The SMILES string of the molecule is CCOc1ccc(C(Cn2ccnc2C(C)C)NC)cc1. The maximum absolute atomic E-state index is 5.50. The van der Waals surface area contributed by atoms with Gasteiger partial charge in [-0.2, -0.15) is 0 Å².